The number of hydrogen-bond acceptors (Lipinski definition) is 5. The van der Waals surface area contributed by atoms with E-state index in [4.69, 9.17) is 4.74 Å². The van der Waals surface area contributed by atoms with Crippen LogP contribution in [-0.2, 0) is 32.6 Å². The summed E-state index contributed by atoms with van der Waals surface area (Å²) in [6, 6.07) is 23.3. The molecule has 10 heteroatoms. The van der Waals surface area contributed by atoms with Gasteiger partial charge in [0.25, 0.3) is 0 Å². The fourth-order valence-electron chi connectivity index (χ4n) is 4.40. The Kier molecular flexibility index (Phi) is 11.6. The Morgan fingerprint density at radius 3 is 2.30 bits per heavy atom. The molecule has 1 atom stereocenters. The van der Waals surface area contributed by atoms with Crippen LogP contribution in [0.15, 0.2) is 83.3 Å². The van der Waals surface area contributed by atoms with Crippen LogP contribution >= 0.6 is 15.9 Å². The molecule has 0 aliphatic heterocycles. The van der Waals surface area contributed by atoms with Crippen LogP contribution in [0.25, 0.3) is 0 Å². The van der Waals surface area contributed by atoms with Crippen LogP contribution in [0.1, 0.15) is 30.9 Å². The summed E-state index contributed by atoms with van der Waals surface area (Å²) in [4.78, 5) is 28.7. The number of anilines is 1. The normalized spacial score (nSPS) is 11.9. The maximum atomic E-state index is 13.8. The summed E-state index contributed by atoms with van der Waals surface area (Å²) in [7, 11) is -2.09. The number of benzene rings is 3. The van der Waals surface area contributed by atoms with E-state index in [0.29, 0.717) is 24.4 Å². The molecule has 8 nitrogen and oxygen atoms in total. The molecule has 0 aliphatic rings. The van der Waals surface area contributed by atoms with Gasteiger partial charge in [0.1, 0.15) is 11.8 Å². The van der Waals surface area contributed by atoms with Crippen molar-refractivity contribution in [3.63, 3.8) is 0 Å². The zero-order valence-electron chi connectivity index (χ0n) is 23.0. The van der Waals surface area contributed by atoms with Gasteiger partial charge >= 0.3 is 0 Å². The van der Waals surface area contributed by atoms with E-state index in [9.17, 15) is 18.0 Å². The topological polar surface area (TPSA) is 96.0 Å². The zero-order valence-corrected chi connectivity index (χ0v) is 25.4. The van der Waals surface area contributed by atoms with Gasteiger partial charge in [0.2, 0.25) is 21.8 Å². The molecule has 40 heavy (non-hydrogen) atoms. The van der Waals surface area contributed by atoms with E-state index in [0.717, 1.165) is 21.9 Å². The number of carbonyl (C=O) groups is 2. The second-order valence-corrected chi connectivity index (χ2v) is 12.2. The third-order valence-corrected chi connectivity index (χ3v) is 8.10. The number of hydrogen-bond donors (Lipinski definition) is 1. The van der Waals surface area contributed by atoms with Crippen LogP contribution in [0.4, 0.5) is 5.69 Å². The molecule has 214 valence electrons. The molecular formula is C30H36BrN3O5S. The second kappa shape index (κ2) is 14.9. The Bertz CT molecular complexity index is 1370. The Balaban J connectivity index is 1.85. The molecule has 0 bridgehead atoms. The molecule has 3 aromatic rings. The quantitative estimate of drug-likeness (QED) is 0.277. The Hall–Kier alpha value is -3.37. The van der Waals surface area contributed by atoms with Gasteiger partial charge in [0.15, 0.2) is 0 Å². The Labute approximate surface area is 245 Å². The SMILES string of the molecule is CCNC(=O)C(Cc1ccccc1)N(Cc1ccc(Br)cc1)C(=O)CCCN(c1cccc(OC)c1)S(C)(=O)=O. The largest absolute Gasteiger partial charge is 0.497 e. The van der Waals surface area contributed by atoms with Gasteiger partial charge in [0.05, 0.1) is 19.1 Å². The second-order valence-electron chi connectivity index (χ2n) is 9.39. The first kappa shape index (κ1) is 31.2. The number of carbonyl (C=O) groups excluding carboxylic acids is 2. The summed E-state index contributed by atoms with van der Waals surface area (Å²) in [5.74, 6) is 0.0775. The first-order valence-corrected chi connectivity index (χ1v) is 15.7. The molecule has 0 heterocycles. The van der Waals surface area contributed by atoms with E-state index in [2.05, 4.69) is 21.2 Å². The van der Waals surface area contributed by atoms with Crippen molar-refractivity contribution in [1.82, 2.24) is 10.2 Å². The Morgan fingerprint density at radius 2 is 1.68 bits per heavy atom. The van der Waals surface area contributed by atoms with Crippen molar-refractivity contribution < 1.29 is 22.7 Å². The van der Waals surface area contributed by atoms with Crippen LogP contribution < -0.4 is 14.4 Å². The lowest BCUT2D eigenvalue weighted by molar-refractivity contribution is -0.141. The standard InChI is InChI=1S/C30H36BrN3O5S/c1-4-32-30(36)28(20-23-10-6-5-7-11-23)33(22-24-15-17-25(31)18-16-24)29(35)14-9-19-34(40(3,37)38)26-12-8-13-27(21-26)39-2/h5-8,10-13,15-18,21,28H,4,9,14,19-20,22H2,1-3H3,(H,32,36). The van der Waals surface area contributed by atoms with E-state index < -0.39 is 16.1 Å². The van der Waals surface area contributed by atoms with Crippen molar-refractivity contribution >= 4 is 43.5 Å². The summed E-state index contributed by atoms with van der Waals surface area (Å²) in [6.45, 7) is 2.63. The van der Waals surface area contributed by atoms with Crippen LogP contribution in [-0.4, -0.2) is 57.6 Å². The predicted octanol–water partition coefficient (Wildman–Crippen LogP) is 4.78. The van der Waals surface area contributed by atoms with Gasteiger partial charge in [-0.15, -0.1) is 0 Å². The van der Waals surface area contributed by atoms with Gasteiger partial charge in [-0.05, 0) is 48.7 Å². The third kappa shape index (κ3) is 9.09. The highest BCUT2D eigenvalue weighted by atomic mass is 79.9. The smallest absolute Gasteiger partial charge is 0.243 e. The van der Waals surface area contributed by atoms with Crippen LogP contribution in [0, 0.1) is 0 Å². The lowest BCUT2D eigenvalue weighted by atomic mass is 10.0. The van der Waals surface area contributed by atoms with Crippen molar-refractivity contribution in [1.29, 1.82) is 0 Å². The first-order chi connectivity index (χ1) is 19.1. The number of nitrogens with one attached hydrogen (secondary N) is 1. The van der Waals surface area contributed by atoms with Crippen LogP contribution in [0.3, 0.4) is 0 Å². The molecule has 2 amide bonds. The monoisotopic (exact) mass is 629 g/mol. The minimum Gasteiger partial charge on any atom is -0.497 e. The number of sulfonamides is 1. The predicted molar refractivity (Wildman–Crippen MR) is 162 cm³/mol. The van der Waals surface area contributed by atoms with Gasteiger partial charge in [0, 0.05) is 43.0 Å². The van der Waals surface area contributed by atoms with E-state index in [1.165, 1.54) is 11.4 Å². The Morgan fingerprint density at radius 1 is 0.975 bits per heavy atom. The maximum Gasteiger partial charge on any atom is 0.243 e. The number of methoxy groups -OCH3 is 1. The van der Waals surface area contributed by atoms with Crippen molar-refractivity contribution in [2.45, 2.75) is 38.8 Å². The summed E-state index contributed by atoms with van der Waals surface area (Å²) >= 11 is 3.44. The average Bonchev–Trinajstić information content (AvgIpc) is 2.94. The van der Waals surface area contributed by atoms with Crippen molar-refractivity contribution in [2.24, 2.45) is 0 Å². The first-order valence-electron chi connectivity index (χ1n) is 13.1. The number of amides is 2. The highest BCUT2D eigenvalue weighted by molar-refractivity contribution is 9.10. The molecule has 3 rings (SSSR count). The fourth-order valence-corrected chi connectivity index (χ4v) is 5.62. The number of nitrogens with zero attached hydrogens (tertiary/aromatic N) is 2. The molecule has 1 N–H and O–H groups in total. The number of rotatable bonds is 14. The molecule has 1 unspecified atom stereocenters. The zero-order chi connectivity index (χ0) is 29.1. The summed E-state index contributed by atoms with van der Waals surface area (Å²) < 4.78 is 32.7. The van der Waals surface area contributed by atoms with Gasteiger partial charge in [-0.25, -0.2) is 8.42 Å². The van der Waals surface area contributed by atoms with E-state index in [1.807, 2.05) is 61.5 Å². The van der Waals surface area contributed by atoms with E-state index in [-0.39, 0.29) is 37.7 Å². The van der Waals surface area contributed by atoms with Crippen molar-refractivity contribution in [2.75, 3.05) is 30.8 Å². The maximum absolute atomic E-state index is 13.8. The van der Waals surface area contributed by atoms with Crippen molar-refractivity contribution in [3.8, 4) is 5.75 Å². The van der Waals surface area contributed by atoms with Gasteiger partial charge in [-0.2, -0.15) is 0 Å². The van der Waals surface area contributed by atoms with E-state index in [1.54, 1.807) is 29.2 Å². The van der Waals surface area contributed by atoms with Gasteiger partial charge < -0.3 is 15.0 Å². The highest BCUT2D eigenvalue weighted by Gasteiger charge is 2.30. The molecule has 0 fully saturated rings. The number of ether oxygens (including phenoxy) is 1. The number of halogens is 1. The summed E-state index contributed by atoms with van der Waals surface area (Å²) in [6.07, 6.45) is 1.83. The molecular weight excluding hydrogens is 594 g/mol. The molecule has 0 aromatic heterocycles. The van der Waals surface area contributed by atoms with Crippen molar-refractivity contribution in [3.05, 3.63) is 94.5 Å². The third-order valence-electron chi connectivity index (χ3n) is 6.38. The number of likely N-dealkylation sites (N-methyl/N-ethyl adjacent to an activating group) is 1. The summed E-state index contributed by atoms with van der Waals surface area (Å²) in [5, 5.41) is 2.88. The minimum atomic E-state index is -3.61. The van der Waals surface area contributed by atoms with E-state index >= 15 is 0 Å². The van der Waals surface area contributed by atoms with Crippen LogP contribution in [0.5, 0.6) is 5.75 Å². The molecule has 0 saturated heterocycles. The summed E-state index contributed by atoms with van der Waals surface area (Å²) in [5.41, 5.74) is 2.28. The molecule has 0 spiro atoms. The van der Waals surface area contributed by atoms with Gasteiger partial charge in [-0.3, -0.25) is 13.9 Å². The molecule has 3 aromatic carbocycles. The molecule has 0 aliphatic carbocycles. The van der Waals surface area contributed by atoms with Crippen LogP contribution in [0.2, 0.25) is 0 Å². The highest BCUT2D eigenvalue weighted by Crippen LogP contribution is 2.24. The fraction of sp³-hybridized carbons (Fsp3) is 0.333. The van der Waals surface area contributed by atoms with Gasteiger partial charge in [-0.1, -0.05) is 64.5 Å². The minimum absolute atomic E-state index is 0.0667. The lowest BCUT2D eigenvalue weighted by Crippen LogP contribution is -2.50. The molecule has 0 saturated carbocycles. The average molecular weight is 631 g/mol. The molecule has 0 radical (unpaired) electrons. The lowest BCUT2D eigenvalue weighted by Gasteiger charge is -2.32.